The van der Waals surface area contributed by atoms with Crippen LogP contribution in [0.4, 0.5) is 0 Å². The van der Waals surface area contributed by atoms with E-state index in [0.29, 0.717) is 17.5 Å². The largest absolute Gasteiger partial charge is 0.508 e. The number of aliphatic hydroxyl groups is 1. The molecule has 0 aromatic heterocycles. The Kier molecular flexibility index (Phi) is 19.9. The number of aliphatic carboxylic acids is 3. The number of nitrogens with zero attached hydrogens (tertiary/aromatic N) is 1. The van der Waals surface area contributed by atoms with Crippen molar-refractivity contribution in [2.24, 2.45) is 5.73 Å². The minimum Gasteiger partial charge on any atom is -0.508 e. The second-order valence-electron chi connectivity index (χ2n) is 15.0. The fraction of sp³-hybridized carbons (Fsp3) is 0.450. The summed E-state index contributed by atoms with van der Waals surface area (Å²) in [4.78, 5) is 130. The maximum Gasteiger partial charge on any atom is 0.327 e. The van der Waals surface area contributed by atoms with Gasteiger partial charge in [0, 0.05) is 25.1 Å². The lowest BCUT2D eigenvalue weighted by molar-refractivity contribution is -0.144. The van der Waals surface area contributed by atoms with Crippen LogP contribution in [0.15, 0.2) is 48.5 Å². The van der Waals surface area contributed by atoms with Crippen molar-refractivity contribution < 1.29 is 78.6 Å². The molecule has 2 aromatic rings. The minimum atomic E-state index is -1.95. The van der Waals surface area contributed by atoms with Gasteiger partial charge in [0.2, 0.25) is 41.4 Å². The van der Waals surface area contributed by atoms with Gasteiger partial charge in [-0.1, -0.05) is 24.3 Å². The molecule has 0 spiro atoms. The molecule has 1 saturated heterocycles. The van der Waals surface area contributed by atoms with E-state index in [1.54, 1.807) is 0 Å². The van der Waals surface area contributed by atoms with Gasteiger partial charge in [0.15, 0.2) is 0 Å². The second kappa shape index (κ2) is 24.7. The van der Waals surface area contributed by atoms with Gasteiger partial charge < -0.3 is 73.2 Å². The molecule has 24 nitrogen and oxygen atoms in total. The van der Waals surface area contributed by atoms with Crippen molar-refractivity contribution in [3.05, 3.63) is 59.7 Å². The summed E-state index contributed by atoms with van der Waals surface area (Å²) in [7, 11) is 0. The number of phenolic OH excluding ortho intramolecular Hbond substituents is 2. The Morgan fingerprint density at radius 3 is 1.55 bits per heavy atom. The molecule has 65 heavy (non-hydrogen) atoms. The average molecular weight is 933 g/mol. The molecule has 1 heterocycles. The number of rotatable bonds is 24. The fourth-order valence-electron chi connectivity index (χ4n) is 6.49. The Morgan fingerprint density at radius 1 is 0.646 bits per heavy atom. The molecular weight excluding hydrogens is 881 g/mol. The number of thiol groups is 1. The SMILES string of the molecule is C[C@H](NC(=O)[C@H](CO)NC(=O)[C@H](Cc1ccc(O)cc1)NC(=O)[C@H](CC(=O)O)NC(=O)[C@H](Cc1ccc(O)cc1)NC(=O)[C@@H](N)CC(=O)O)C(=O)N1CCC[C@H]1C(=O)N[C@@H](CS)C(=O)O. The molecule has 1 aliphatic heterocycles. The van der Waals surface area contributed by atoms with Gasteiger partial charge in [-0.3, -0.25) is 43.2 Å². The molecule has 25 heteroatoms. The van der Waals surface area contributed by atoms with Crippen molar-refractivity contribution in [2.75, 3.05) is 18.9 Å². The predicted molar refractivity (Wildman–Crippen MR) is 227 cm³/mol. The lowest BCUT2D eigenvalue weighted by Crippen LogP contribution is -2.61. The van der Waals surface area contributed by atoms with Crippen molar-refractivity contribution in [3.63, 3.8) is 0 Å². The molecule has 14 N–H and O–H groups in total. The Balaban J connectivity index is 1.83. The Hall–Kier alpha value is -6.99. The van der Waals surface area contributed by atoms with Gasteiger partial charge in [-0.05, 0) is 55.2 Å². The average Bonchev–Trinajstić information content (AvgIpc) is 3.74. The zero-order valence-corrected chi connectivity index (χ0v) is 35.7. The van der Waals surface area contributed by atoms with Crippen LogP contribution >= 0.6 is 12.6 Å². The van der Waals surface area contributed by atoms with Gasteiger partial charge >= 0.3 is 17.9 Å². The zero-order chi connectivity index (χ0) is 48.5. The highest BCUT2D eigenvalue weighted by Crippen LogP contribution is 2.19. The van der Waals surface area contributed by atoms with Crippen LogP contribution in [0, 0.1) is 0 Å². The molecule has 8 atom stereocenters. The number of carbonyl (C=O) groups is 10. The topological polar surface area (TPSA) is 394 Å². The number of hydrogen-bond acceptors (Lipinski definition) is 15. The second-order valence-corrected chi connectivity index (χ2v) is 15.3. The highest BCUT2D eigenvalue weighted by molar-refractivity contribution is 7.80. The first-order valence-corrected chi connectivity index (χ1v) is 20.6. The zero-order valence-electron chi connectivity index (χ0n) is 34.8. The molecule has 0 unspecified atom stereocenters. The molecule has 1 aliphatic rings. The van der Waals surface area contributed by atoms with Crippen LogP contribution in [-0.2, 0) is 60.8 Å². The van der Waals surface area contributed by atoms with E-state index in [9.17, 15) is 73.5 Å². The molecule has 1 fully saturated rings. The van der Waals surface area contributed by atoms with E-state index >= 15 is 0 Å². The summed E-state index contributed by atoms with van der Waals surface area (Å²) in [6.07, 6.45) is -2.03. The maximum atomic E-state index is 13.8. The van der Waals surface area contributed by atoms with Crippen molar-refractivity contribution in [1.82, 2.24) is 36.8 Å². The van der Waals surface area contributed by atoms with Crippen LogP contribution in [0.5, 0.6) is 11.5 Å². The molecule has 354 valence electrons. The van der Waals surface area contributed by atoms with Crippen LogP contribution in [0.1, 0.15) is 43.7 Å². The number of phenols is 2. The van der Waals surface area contributed by atoms with E-state index in [1.807, 2.05) is 0 Å². The van der Waals surface area contributed by atoms with E-state index in [2.05, 4.69) is 44.5 Å². The third-order valence-electron chi connectivity index (χ3n) is 9.94. The Labute approximate surface area is 376 Å². The van der Waals surface area contributed by atoms with Crippen molar-refractivity contribution in [3.8, 4) is 11.5 Å². The van der Waals surface area contributed by atoms with Crippen LogP contribution in [0.3, 0.4) is 0 Å². The molecule has 2 aromatic carbocycles. The van der Waals surface area contributed by atoms with E-state index < -0.39 is 127 Å². The van der Waals surface area contributed by atoms with Crippen molar-refractivity contribution in [1.29, 1.82) is 0 Å². The first kappa shape index (κ1) is 52.4. The van der Waals surface area contributed by atoms with Crippen molar-refractivity contribution in [2.45, 2.75) is 93.8 Å². The van der Waals surface area contributed by atoms with Crippen LogP contribution < -0.4 is 37.6 Å². The summed E-state index contributed by atoms with van der Waals surface area (Å²) < 4.78 is 0. The number of carboxylic acid groups (broad SMARTS) is 3. The summed E-state index contributed by atoms with van der Waals surface area (Å²) in [5.74, 6) is -12.1. The number of nitrogens with one attached hydrogen (secondary N) is 6. The summed E-state index contributed by atoms with van der Waals surface area (Å²) in [6.45, 7) is 0.315. The number of amides is 7. The van der Waals surface area contributed by atoms with Crippen LogP contribution in [0.25, 0.3) is 0 Å². The molecule has 0 aliphatic carbocycles. The summed E-state index contributed by atoms with van der Waals surface area (Å²) in [5, 5.41) is 71.5. The third kappa shape index (κ3) is 16.3. The monoisotopic (exact) mass is 932 g/mol. The summed E-state index contributed by atoms with van der Waals surface area (Å²) in [6, 6.07) is -1.78. The van der Waals surface area contributed by atoms with Gasteiger partial charge in [-0.15, -0.1) is 0 Å². The van der Waals surface area contributed by atoms with Gasteiger partial charge in [0.05, 0.1) is 25.5 Å². The number of nitrogens with two attached hydrogens (primary N) is 1. The first-order valence-electron chi connectivity index (χ1n) is 20.0. The standard InChI is InChI=1S/C40H52N8O16S/c1-19(39(62)48-12-2-3-30(48)38(61)47-29(18-65)40(63)64)42-37(60)28(17-49)46-35(58)26(14-21-6-10-23(51)11-7-21)44-36(59)27(16-32(54)55)45-34(57)25(13-20-4-8-22(50)9-5-20)43-33(56)24(41)15-31(52)53/h4-11,19,24-30,49-51,65H,2-3,12-18,41H2,1H3,(H,42,60)(H,43,56)(H,44,59)(H,45,57)(H,46,58)(H,47,61)(H,52,53)(H,54,55)(H,63,64)/t19-,24-,25-,26-,27-,28-,29-,30-/m0/s1. The van der Waals surface area contributed by atoms with E-state index in [0.717, 1.165) is 4.90 Å². The number of carbonyl (C=O) groups excluding carboxylic acids is 7. The number of likely N-dealkylation sites (tertiary alicyclic amines) is 1. The number of carboxylic acids is 3. The van der Waals surface area contributed by atoms with Gasteiger partial charge in [0.25, 0.3) is 0 Å². The number of hydrogen-bond donors (Lipinski definition) is 14. The lowest BCUT2D eigenvalue weighted by atomic mass is 10.0. The lowest BCUT2D eigenvalue weighted by Gasteiger charge is -2.29. The molecular formula is C40H52N8O16S. The highest BCUT2D eigenvalue weighted by Gasteiger charge is 2.39. The Morgan fingerprint density at radius 2 is 1.09 bits per heavy atom. The summed E-state index contributed by atoms with van der Waals surface area (Å²) in [5.41, 5.74) is 6.34. The third-order valence-corrected chi connectivity index (χ3v) is 10.3. The molecule has 3 rings (SSSR count). The molecule has 0 radical (unpaired) electrons. The molecule has 0 bridgehead atoms. The summed E-state index contributed by atoms with van der Waals surface area (Å²) >= 11 is 3.92. The van der Waals surface area contributed by atoms with Gasteiger partial charge in [-0.2, -0.15) is 12.6 Å². The predicted octanol–water partition coefficient (Wildman–Crippen LogP) is -3.91. The quantitative estimate of drug-likeness (QED) is 0.0447. The Bertz CT molecular complexity index is 2070. The van der Waals surface area contributed by atoms with Crippen molar-refractivity contribution >= 4 is 71.9 Å². The van der Waals surface area contributed by atoms with E-state index in [-0.39, 0.29) is 43.1 Å². The van der Waals surface area contributed by atoms with E-state index in [4.69, 9.17) is 10.8 Å². The normalized spacial score (nSPS) is 16.5. The maximum absolute atomic E-state index is 13.8. The van der Waals surface area contributed by atoms with E-state index in [1.165, 1.54) is 55.5 Å². The van der Waals surface area contributed by atoms with Crippen LogP contribution in [0.2, 0.25) is 0 Å². The number of aromatic hydroxyl groups is 2. The highest BCUT2D eigenvalue weighted by atomic mass is 32.1. The van der Waals surface area contributed by atoms with Gasteiger partial charge in [-0.25, -0.2) is 4.79 Å². The van der Waals surface area contributed by atoms with Crippen LogP contribution in [-0.4, -0.2) is 162 Å². The number of aliphatic hydroxyl groups excluding tert-OH is 1. The molecule has 0 saturated carbocycles. The molecule has 7 amide bonds. The fourth-order valence-corrected chi connectivity index (χ4v) is 6.74. The van der Waals surface area contributed by atoms with Gasteiger partial charge in [0.1, 0.15) is 53.8 Å². The minimum absolute atomic E-state index is 0.0898. The number of benzene rings is 2. The first-order chi connectivity index (χ1) is 30.6. The smallest absolute Gasteiger partial charge is 0.327 e.